The van der Waals surface area contributed by atoms with E-state index in [2.05, 4.69) is 28.7 Å². The average molecular weight is 254 g/mol. The van der Waals surface area contributed by atoms with Crippen molar-refractivity contribution in [2.24, 2.45) is 0 Å². The number of hydrogen-bond donors (Lipinski definition) is 1. The Bertz CT molecular complexity index is 371. The van der Waals surface area contributed by atoms with Gasteiger partial charge in [-0.05, 0) is 13.8 Å². The van der Waals surface area contributed by atoms with Crippen LogP contribution >= 0.6 is 0 Å². The van der Waals surface area contributed by atoms with Gasteiger partial charge in [-0.2, -0.15) is 0 Å². The Labute approximate surface area is 108 Å². The van der Waals surface area contributed by atoms with Gasteiger partial charge in [-0.1, -0.05) is 0 Å². The highest BCUT2D eigenvalue weighted by Crippen LogP contribution is 2.17. The summed E-state index contributed by atoms with van der Waals surface area (Å²) in [7, 11) is 3.29. The first-order chi connectivity index (χ1) is 8.58. The van der Waals surface area contributed by atoms with Crippen LogP contribution in [-0.4, -0.2) is 43.4 Å². The standard InChI is InChI=1S/C12H22N4O2/c1-9(2)16(5-6-17-3)12-7-10(13)14-11(15-12)8-18-4/h7,9H,5-6,8H2,1-4H3,(H2,13,14,15). The van der Waals surface area contributed by atoms with Gasteiger partial charge >= 0.3 is 0 Å². The lowest BCUT2D eigenvalue weighted by molar-refractivity contribution is 0.178. The Morgan fingerprint density at radius 1 is 1.28 bits per heavy atom. The summed E-state index contributed by atoms with van der Waals surface area (Å²) >= 11 is 0. The van der Waals surface area contributed by atoms with Gasteiger partial charge in [-0.15, -0.1) is 0 Å². The number of hydrogen-bond acceptors (Lipinski definition) is 6. The first-order valence-corrected chi connectivity index (χ1v) is 5.96. The number of nitrogens with zero attached hydrogens (tertiary/aromatic N) is 3. The van der Waals surface area contributed by atoms with Gasteiger partial charge < -0.3 is 20.1 Å². The summed E-state index contributed by atoms with van der Waals surface area (Å²) in [4.78, 5) is 10.7. The van der Waals surface area contributed by atoms with Crippen LogP contribution in [-0.2, 0) is 16.1 Å². The normalized spacial score (nSPS) is 10.9. The number of nitrogen functional groups attached to an aromatic ring is 1. The Morgan fingerprint density at radius 2 is 2.00 bits per heavy atom. The smallest absolute Gasteiger partial charge is 0.158 e. The van der Waals surface area contributed by atoms with Crippen molar-refractivity contribution in [2.75, 3.05) is 38.0 Å². The Kier molecular flexibility index (Phi) is 5.80. The average Bonchev–Trinajstić information content (AvgIpc) is 2.28. The Hall–Kier alpha value is -1.40. The van der Waals surface area contributed by atoms with E-state index in [1.165, 1.54) is 0 Å². The van der Waals surface area contributed by atoms with Crippen molar-refractivity contribution in [3.05, 3.63) is 11.9 Å². The predicted molar refractivity (Wildman–Crippen MR) is 71.5 cm³/mol. The molecule has 0 spiro atoms. The van der Waals surface area contributed by atoms with E-state index in [0.717, 1.165) is 12.4 Å². The Balaban J connectivity index is 2.95. The van der Waals surface area contributed by atoms with Crippen molar-refractivity contribution in [1.82, 2.24) is 9.97 Å². The molecule has 1 rings (SSSR count). The fourth-order valence-electron chi connectivity index (χ4n) is 1.67. The van der Waals surface area contributed by atoms with E-state index >= 15 is 0 Å². The quantitative estimate of drug-likeness (QED) is 0.784. The molecule has 6 nitrogen and oxygen atoms in total. The molecular weight excluding hydrogens is 232 g/mol. The van der Waals surface area contributed by atoms with Gasteiger partial charge in [-0.3, -0.25) is 0 Å². The van der Waals surface area contributed by atoms with Crippen molar-refractivity contribution >= 4 is 11.6 Å². The highest BCUT2D eigenvalue weighted by Gasteiger charge is 2.13. The predicted octanol–water partition coefficient (Wildman–Crippen LogP) is 1.07. The molecule has 0 aliphatic carbocycles. The van der Waals surface area contributed by atoms with Crippen LogP contribution in [0.1, 0.15) is 19.7 Å². The van der Waals surface area contributed by atoms with E-state index in [9.17, 15) is 0 Å². The van der Waals surface area contributed by atoms with Crippen molar-refractivity contribution in [3.63, 3.8) is 0 Å². The molecule has 1 aromatic heterocycles. The second-order valence-electron chi connectivity index (χ2n) is 4.28. The van der Waals surface area contributed by atoms with E-state index in [-0.39, 0.29) is 0 Å². The maximum atomic E-state index is 5.79. The molecule has 0 unspecified atom stereocenters. The first kappa shape index (κ1) is 14.7. The zero-order valence-corrected chi connectivity index (χ0v) is 11.5. The summed E-state index contributed by atoms with van der Waals surface area (Å²) in [5.41, 5.74) is 5.79. The lowest BCUT2D eigenvalue weighted by Crippen LogP contribution is -2.34. The molecule has 0 aromatic carbocycles. The number of aromatic nitrogens is 2. The third kappa shape index (κ3) is 4.12. The van der Waals surface area contributed by atoms with Crippen molar-refractivity contribution in [2.45, 2.75) is 26.5 Å². The van der Waals surface area contributed by atoms with E-state index in [0.29, 0.717) is 30.9 Å². The highest BCUT2D eigenvalue weighted by atomic mass is 16.5. The molecule has 0 bridgehead atoms. The number of methoxy groups -OCH3 is 2. The largest absolute Gasteiger partial charge is 0.384 e. The molecule has 0 atom stereocenters. The van der Waals surface area contributed by atoms with Crippen molar-refractivity contribution < 1.29 is 9.47 Å². The molecular formula is C12H22N4O2. The van der Waals surface area contributed by atoms with Crippen LogP contribution in [0.3, 0.4) is 0 Å². The second kappa shape index (κ2) is 7.13. The maximum Gasteiger partial charge on any atom is 0.158 e. The van der Waals surface area contributed by atoms with Crippen LogP contribution in [0.2, 0.25) is 0 Å². The summed E-state index contributed by atoms with van der Waals surface area (Å²) in [6.45, 7) is 5.96. The molecule has 1 aromatic rings. The van der Waals surface area contributed by atoms with Crippen LogP contribution in [0.5, 0.6) is 0 Å². The molecule has 6 heteroatoms. The zero-order valence-electron chi connectivity index (χ0n) is 11.5. The highest BCUT2D eigenvalue weighted by molar-refractivity contribution is 5.47. The molecule has 18 heavy (non-hydrogen) atoms. The third-order valence-electron chi connectivity index (χ3n) is 2.51. The SMILES string of the molecule is COCCN(c1cc(N)nc(COC)n1)C(C)C. The van der Waals surface area contributed by atoms with Crippen molar-refractivity contribution in [1.29, 1.82) is 0 Å². The summed E-state index contributed by atoms with van der Waals surface area (Å²) in [6, 6.07) is 2.08. The molecule has 0 aliphatic heterocycles. The molecule has 0 fully saturated rings. The zero-order chi connectivity index (χ0) is 13.5. The van der Waals surface area contributed by atoms with Crippen LogP contribution in [0.15, 0.2) is 6.07 Å². The summed E-state index contributed by atoms with van der Waals surface area (Å²) in [5.74, 6) is 1.85. The maximum absolute atomic E-state index is 5.79. The van der Waals surface area contributed by atoms with Crippen LogP contribution in [0, 0.1) is 0 Å². The fraction of sp³-hybridized carbons (Fsp3) is 0.667. The number of rotatable bonds is 7. The fourth-order valence-corrected chi connectivity index (χ4v) is 1.67. The molecule has 0 radical (unpaired) electrons. The van der Waals surface area contributed by atoms with Crippen LogP contribution < -0.4 is 10.6 Å². The van der Waals surface area contributed by atoms with Crippen molar-refractivity contribution in [3.8, 4) is 0 Å². The van der Waals surface area contributed by atoms with Gasteiger partial charge in [-0.25, -0.2) is 9.97 Å². The number of anilines is 2. The minimum atomic E-state index is 0.310. The van der Waals surface area contributed by atoms with Gasteiger partial charge in [0.05, 0.1) is 6.61 Å². The molecule has 0 saturated carbocycles. The van der Waals surface area contributed by atoms with Gasteiger partial charge in [0.1, 0.15) is 18.2 Å². The van der Waals surface area contributed by atoms with E-state index in [4.69, 9.17) is 15.2 Å². The third-order valence-corrected chi connectivity index (χ3v) is 2.51. The van der Waals surface area contributed by atoms with Crippen LogP contribution in [0.4, 0.5) is 11.6 Å². The second-order valence-corrected chi connectivity index (χ2v) is 4.28. The molecule has 0 amide bonds. The summed E-state index contributed by atoms with van der Waals surface area (Å²) < 4.78 is 10.1. The topological polar surface area (TPSA) is 73.5 Å². The minimum absolute atomic E-state index is 0.310. The van der Waals surface area contributed by atoms with Gasteiger partial charge in [0.25, 0.3) is 0 Å². The molecule has 2 N–H and O–H groups in total. The van der Waals surface area contributed by atoms with E-state index in [1.807, 2.05) is 0 Å². The molecule has 1 heterocycles. The van der Waals surface area contributed by atoms with Gasteiger partial charge in [0.15, 0.2) is 5.82 Å². The van der Waals surface area contributed by atoms with E-state index in [1.54, 1.807) is 20.3 Å². The van der Waals surface area contributed by atoms with Gasteiger partial charge in [0.2, 0.25) is 0 Å². The number of ether oxygens (including phenoxy) is 2. The van der Waals surface area contributed by atoms with E-state index < -0.39 is 0 Å². The Morgan fingerprint density at radius 3 is 2.56 bits per heavy atom. The molecule has 0 saturated heterocycles. The molecule has 0 aliphatic rings. The summed E-state index contributed by atoms with van der Waals surface area (Å²) in [5, 5.41) is 0. The lowest BCUT2D eigenvalue weighted by atomic mass is 10.3. The first-order valence-electron chi connectivity index (χ1n) is 5.96. The molecule has 102 valence electrons. The van der Waals surface area contributed by atoms with Gasteiger partial charge in [0, 0.05) is 32.9 Å². The summed E-state index contributed by atoms with van der Waals surface area (Å²) in [6.07, 6.45) is 0. The lowest BCUT2D eigenvalue weighted by Gasteiger charge is -2.27. The monoisotopic (exact) mass is 254 g/mol. The van der Waals surface area contributed by atoms with Crippen LogP contribution in [0.25, 0.3) is 0 Å². The minimum Gasteiger partial charge on any atom is -0.384 e. The number of nitrogens with two attached hydrogens (primary N) is 1.